The molecule has 0 aliphatic heterocycles. The van der Waals surface area contributed by atoms with Gasteiger partial charge in [-0.3, -0.25) is 4.89 Å². The van der Waals surface area contributed by atoms with E-state index in [0.29, 0.717) is 23.7 Å². The minimum absolute atomic E-state index is 0.0316. The van der Waals surface area contributed by atoms with Gasteiger partial charge < -0.3 is 35.3 Å². The molecule has 0 saturated heterocycles. The number of nitrogens with one attached hydrogen (secondary N) is 3. The topological polar surface area (TPSA) is 154 Å². The van der Waals surface area contributed by atoms with Crippen LogP contribution in [0.1, 0.15) is 12.8 Å². The molecule has 0 spiro atoms. The van der Waals surface area contributed by atoms with Crippen LogP contribution >= 0.6 is 0 Å². The molecular formula is C28H31N3O9. The van der Waals surface area contributed by atoms with Crippen LogP contribution in [0.15, 0.2) is 91.0 Å². The van der Waals surface area contributed by atoms with Gasteiger partial charge in [-0.15, -0.1) is 0 Å². The van der Waals surface area contributed by atoms with Gasteiger partial charge in [0.05, 0.1) is 12.6 Å². The van der Waals surface area contributed by atoms with Crippen LogP contribution < -0.4 is 30.3 Å². The number of hydrogen-bond donors (Lipinski definition) is 4. The second-order valence-electron chi connectivity index (χ2n) is 8.18. The first-order chi connectivity index (χ1) is 19.5. The first-order valence-corrected chi connectivity index (χ1v) is 12.5. The number of amides is 3. The molecule has 12 nitrogen and oxygen atoms in total. The van der Waals surface area contributed by atoms with E-state index in [0.717, 1.165) is 0 Å². The number of carbonyl (C=O) groups excluding carboxylic acids is 3. The molecule has 0 heterocycles. The van der Waals surface area contributed by atoms with Crippen LogP contribution in [0.25, 0.3) is 0 Å². The first-order valence-electron chi connectivity index (χ1n) is 12.5. The van der Waals surface area contributed by atoms with Gasteiger partial charge in [-0.25, -0.2) is 19.3 Å². The van der Waals surface area contributed by atoms with Gasteiger partial charge in [-0.1, -0.05) is 54.6 Å². The van der Waals surface area contributed by atoms with Gasteiger partial charge in [-0.05, 0) is 49.2 Å². The van der Waals surface area contributed by atoms with E-state index in [4.69, 9.17) is 24.0 Å². The van der Waals surface area contributed by atoms with Crippen LogP contribution in [0.2, 0.25) is 0 Å². The van der Waals surface area contributed by atoms with E-state index in [-0.39, 0.29) is 26.1 Å². The fourth-order valence-corrected chi connectivity index (χ4v) is 3.25. The molecule has 2 atom stereocenters. The summed E-state index contributed by atoms with van der Waals surface area (Å²) in [6.45, 7) is 0.142. The zero-order valence-electron chi connectivity index (χ0n) is 21.6. The Labute approximate surface area is 231 Å². The molecule has 0 fully saturated rings. The average Bonchev–Trinajstić information content (AvgIpc) is 2.97. The molecule has 3 amide bonds. The molecule has 0 radical (unpaired) electrons. The summed E-state index contributed by atoms with van der Waals surface area (Å²) in [6.07, 6.45) is -3.22. The van der Waals surface area contributed by atoms with Crippen molar-refractivity contribution in [3.05, 3.63) is 91.0 Å². The summed E-state index contributed by atoms with van der Waals surface area (Å²) in [4.78, 5) is 45.9. The normalized spacial score (nSPS) is 11.8. The Hall–Kier alpha value is -4.81. The van der Waals surface area contributed by atoms with Gasteiger partial charge in [0.25, 0.3) is 0 Å². The fourth-order valence-electron chi connectivity index (χ4n) is 3.25. The highest BCUT2D eigenvalue weighted by Gasteiger charge is 2.23. The van der Waals surface area contributed by atoms with Crippen molar-refractivity contribution >= 4 is 18.3 Å². The Bertz CT molecular complexity index is 1170. The number of benzene rings is 3. The van der Waals surface area contributed by atoms with Crippen molar-refractivity contribution in [2.24, 2.45) is 0 Å². The van der Waals surface area contributed by atoms with Gasteiger partial charge in [-0.2, -0.15) is 0 Å². The third-order valence-corrected chi connectivity index (χ3v) is 5.13. The smallest absolute Gasteiger partial charge is 0.410 e. The number of carbonyl (C=O) groups is 3. The highest BCUT2D eigenvalue weighted by molar-refractivity contribution is 5.70. The molecule has 40 heavy (non-hydrogen) atoms. The highest BCUT2D eigenvalue weighted by atomic mass is 17.2. The maximum atomic E-state index is 12.3. The number of aliphatic hydroxyl groups excluding tert-OH is 1. The molecule has 0 saturated carbocycles. The predicted octanol–water partition coefficient (Wildman–Crippen LogP) is 3.77. The fraction of sp³-hybridized carbons (Fsp3) is 0.250. The van der Waals surface area contributed by atoms with Crippen LogP contribution in [0.3, 0.4) is 0 Å². The van der Waals surface area contributed by atoms with Crippen molar-refractivity contribution in [3.8, 4) is 17.2 Å². The molecule has 4 N–H and O–H groups in total. The van der Waals surface area contributed by atoms with Crippen LogP contribution in [-0.2, 0) is 9.62 Å². The predicted molar refractivity (Wildman–Crippen MR) is 143 cm³/mol. The highest BCUT2D eigenvalue weighted by Crippen LogP contribution is 2.11. The molecule has 12 heteroatoms. The second-order valence-corrected chi connectivity index (χ2v) is 8.18. The van der Waals surface area contributed by atoms with Crippen molar-refractivity contribution < 1.29 is 43.5 Å². The SMILES string of the molecule is O=C(NC(CCCNC(=O)Oc1ccccc1)C(O)OCCNC(=O)Oc1ccccc1)OOc1ccccc1. The zero-order valence-corrected chi connectivity index (χ0v) is 21.6. The minimum Gasteiger partial charge on any atom is -0.410 e. The van der Waals surface area contributed by atoms with E-state index in [1.807, 2.05) is 0 Å². The maximum Gasteiger partial charge on any atom is 0.450 e. The van der Waals surface area contributed by atoms with Gasteiger partial charge in [0.15, 0.2) is 12.0 Å². The molecular weight excluding hydrogens is 522 g/mol. The number of rotatable bonds is 14. The van der Waals surface area contributed by atoms with Crippen LogP contribution in [0, 0.1) is 0 Å². The largest absolute Gasteiger partial charge is 0.450 e. The lowest BCUT2D eigenvalue weighted by molar-refractivity contribution is -0.152. The number of para-hydroxylation sites is 3. The van der Waals surface area contributed by atoms with E-state index in [9.17, 15) is 19.5 Å². The Balaban J connectivity index is 1.43. The Kier molecular flexibility index (Phi) is 12.6. The van der Waals surface area contributed by atoms with Crippen LogP contribution in [0.5, 0.6) is 17.2 Å². The molecule has 3 aromatic rings. The van der Waals surface area contributed by atoms with Crippen molar-refractivity contribution in [1.29, 1.82) is 0 Å². The third-order valence-electron chi connectivity index (χ3n) is 5.13. The third kappa shape index (κ3) is 11.7. The Morgan fingerprint density at radius 2 is 1.18 bits per heavy atom. The summed E-state index contributed by atoms with van der Waals surface area (Å²) in [6, 6.07) is 24.5. The molecule has 0 aliphatic carbocycles. The van der Waals surface area contributed by atoms with E-state index >= 15 is 0 Å². The minimum atomic E-state index is -1.47. The van der Waals surface area contributed by atoms with E-state index in [1.54, 1.807) is 91.0 Å². The number of ether oxygens (including phenoxy) is 3. The molecule has 2 unspecified atom stereocenters. The van der Waals surface area contributed by atoms with E-state index in [2.05, 4.69) is 16.0 Å². The molecule has 3 aromatic carbocycles. The van der Waals surface area contributed by atoms with Crippen molar-refractivity contribution in [2.45, 2.75) is 25.2 Å². The summed E-state index contributed by atoms with van der Waals surface area (Å²) in [5, 5.41) is 18.1. The summed E-state index contributed by atoms with van der Waals surface area (Å²) in [5.41, 5.74) is 0. The quantitative estimate of drug-likeness (QED) is 0.101. The molecule has 212 valence electrons. The van der Waals surface area contributed by atoms with Gasteiger partial charge in [0.1, 0.15) is 11.5 Å². The van der Waals surface area contributed by atoms with Crippen molar-refractivity contribution in [3.63, 3.8) is 0 Å². The molecule has 0 bridgehead atoms. The summed E-state index contributed by atoms with van der Waals surface area (Å²) < 4.78 is 15.6. The first kappa shape index (κ1) is 29.7. The lowest BCUT2D eigenvalue weighted by atomic mass is 10.1. The molecule has 3 rings (SSSR count). The van der Waals surface area contributed by atoms with Crippen LogP contribution in [-0.4, -0.2) is 55.4 Å². The Morgan fingerprint density at radius 1 is 0.675 bits per heavy atom. The maximum absolute atomic E-state index is 12.3. The van der Waals surface area contributed by atoms with E-state index in [1.165, 1.54) is 0 Å². The van der Waals surface area contributed by atoms with E-state index < -0.39 is 30.6 Å². The standard InChI is InChI=1S/C28H31N3O9/c32-25(36-20-19-30-27(34)38-22-13-6-2-7-14-22)24(31-28(35)40-39-23-15-8-3-9-16-23)17-10-18-29-26(33)37-21-11-4-1-5-12-21/h1-9,11-16,24-25,32H,10,17-20H2,(H,29,33)(H,30,34)(H,31,35). The average molecular weight is 554 g/mol. The van der Waals surface area contributed by atoms with Crippen molar-refractivity contribution in [1.82, 2.24) is 16.0 Å². The summed E-state index contributed by atoms with van der Waals surface area (Å²) in [7, 11) is 0. The lowest BCUT2D eigenvalue weighted by Gasteiger charge is -2.23. The Morgan fingerprint density at radius 3 is 1.73 bits per heavy atom. The van der Waals surface area contributed by atoms with Gasteiger partial charge in [0, 0.05) is 13.1 Å². The summed E-state index contributed by atoms with van der Waals surface area (Å²) in [5.74, 6) is 1.08. The van der Waals surface area contributed by atoms with Crippen LogP contribution in [0.4, 0.5) is 14.4 Å². The second kappa shape index (κ2) is 16.9. The van der Waals surface area contributed by atoms with Gasteiger partial charge in [0.2, 0.25) is 0 Å². The number of hydrogen-bond acceptors (Lipinski definition) is 9. The van der Waals surface area contributed by atoms with Crippen molar-refractivity contribution in [2.75, 3.05) is 19.7 Å². The molecule has 0 aliphatic rings. The number of aliphatic hydroxyl groups is 1. The summed E-state index contributed by atoms with van der Waals surface area (Å²) >= 11 is 0. The monoisotopic (exact) mass is 553 g/mol. The zero-order chi connectivity index (χ0) is 28.4. The van der Waals surface area contributed by atoms with Gasteiger partial charge >= 0.3 is 18.3 Å². The molecule has 0 aromatic heterocycles. The lowest BCUT2D eigenvalue weighted by Crippen LogP contribution is -2.46.